The summed E-state index contributed by atoms with van der Waals surface area (Å²) >= 11 is 0. The number of carboxylic acids is 1. The summed E-state index contributed by atoms with van der Waals surface area (Å²) in [5, 5.41) is 13.1. The molecule has 0 radical (unpaired) electrons. The largest absolute Gasteiger partial charge is 0.478 e. The molecule has 5 nitrogen and oxygen atoms in total. The maximum atomic E-state index is 12.8. The third-order valence-corrected chi connectivity index (χ3v) is 3.38. The van der Waals surface area contributed by atoms with Crippen molar-refractivity contribution in [2.45, 2.75) is 13.1 Å². The SMILES string of the molecule is Cc1cc(C(F)(F)F)nn1-c1ccc2nccc(C(=O)O)c2c1. The van der Waals surface area contributed by atoms with Crippen molar-refractivity contribution < 1.29 is 23.1 Å². The van der Waals surface area contributed by atoms with Gasteiger partial charge in [0.15, 0.2) is 5.69 Å². The van der Waals surface area contributed by atoms with E-state index < -0.39 is 17.8 Å². The molecular weight excluding hydrogens is 311 g/mol. The molecule has 2 aromatic heterocycles. The third-order valence-electron chi connectivity index (χ3n) is 3.38. The monoisotopic (exact) mass is 321 g/mol. The van der Waals surface area contributed by atoms with Gasteiger partial charge in [-0.1, -0.05) is 0 Å². The van der Waals surface area contributed by atoms with E-state index in [1.165, 1.54) is 25.3 Å². The highest BCUT2D eigenvalue weighted by atomic mass is 19.4. The number of pyridine rings is 1. The Hall–Kier alpha value is -2.90. The summed E-state index contributed by atoms with van der Waals surface area (Å²) in [4.78, 5) is 15.3. The number of halogens is 3. The summed E-state index contributed by atoms with van der Waals surface area (Å²) in [5.41, 5.74) is 0.0883. The number of nitrogens with zero attached hydrogens (tertiary/aromatic N) is 3. The fraction of sp³-hybridized carbons (Fsp3) is 0.133. The number of carbonyl (C=O) groups is 1. The number of aromatic nitrogens is 3. The van der Waals surface area contributed by atoms with E-state index in [1.807, 2.05) is 0 Å². The van der Waals surface area contributed by atoms with Crippen LogP contribution in [-0.2, 0) is 6.18 Å². The van der Waals surface area contributed by atoms with Crippen LogP contribution < -0.4 is 0 Å². The predicted octanol–water partition coefficient (Wildman–Crippen LogP) is 3.45. The minimum Gasteiger partial charge on any atom is -0.478 e. The van der Waals surface area contributed by atoms with Crippen molar-refractivity contribution in [3.63, 3.8) is 0 Å². The van der Waals surface area contributed by atoms with Gasteiger partial charge in [-0.2, -0.15) is 18.3 Å². The molecular formula is C15H10F3N3O2. The first-order valence-corrected chi connectivity index (χ1v) is 6.53. The fourth-order valence-corrected chi connectivity index (χ4v) is 2.33. The highest BCUT2D eigenvalue weighted by Crippen LogP contribution is 2.30. The van der Waals surface area contributed by atoms with Crippen molar-refractivity contribution in [3.8, 4) is 5.69 Å². The van der Waals surface area contributed by atoms with Crippen molar-refractivity contribution in [2.75, 3.05) is 0 Å². The Morgan fingerprint density at radius 2 is 1.96 bits per heavy atom. The van der Waals surface area contributed by atoms with Crippen molar-refractivity contribution in [1.29, 1.82) is 0 Å². The molecule has 0 atom stereocenters. The van der Waals surface area contributed by atoms with E-state index in [4.69, 9.17) is 0 Å². The van der Waals surface area contributed by atoms with Crippen LogP contribution in [0, 0.1) is 6.92 Å². The summed E-state index contributed by atoms with van der Waals surface area (Å²) < 4.78 is 39.4. The van der Waals surface area contributed by atoms with Gasteiger partial charge in [0.2, 0.25) is 0 Å². The summed E-state index contributed by atoms with van der Waals surface area (Å²) in [7, 11) is 0. The number of carboxylic acid groups (broad SMARTS) is 1. The number of benzene rings is 1. The van der Waals surface area contributed by atoms with Crippen LogP contribution in [0.25, 0.3) is 16.6 Å². The van der Waals surface area contributed by atoms with E-state index in [-0.39, 0.29) is 11.3 Å². The van der Waals surface area contributed by atoms with Crippen LogP contribution in [0.3, 0.4) is 0 Å². The topological polar surface area (TPSA) is 68.0 Å². The van der Waals surface area contributed by atoms with E-state index in [2.05, 4.69) is 10.1 Å². The zero-order valence-electron chi connectivity index (χ0n) is 11.8. The fourth-order valence-electron chi connectivity index (χ4n) is 2.33. The Balaban J connectivity index is 2.20. The molecule has 0 aliphatic rings. The second kappa shape index (κ2) is 5.08. The maximum absolute atomic E-state index is 12.8. The summed E-state index contributed by atoms with van der Waals surface area (Å²) in [6.07, 6.45) is -3.17. The van der Waals surface area contributed by atoms with Gasteiger partial charge in [0, 0.05) is 17.3 Å². The van der Waals surface area contributed by atoms with Gasteiger partial charge in [0.25, 0.3) is 0 Å². The summed E-state index contributed by atoms with van der Waals surface area (Å²) in [6, 6.07) is 6.83. The normalized spacial score (nSPS) is 11.8. The number of hydrogen-bond donors (Lipinski definition) is 1. The second-order valence-electron chi connectivity index (χ2n) is 4.95. The minimum atomic E-state index is -4.54. The molecule has 0 aliphatic carbocycles. The first-order chi connectivity index (χ1) is 10.8. The van der Waals surface area contributed by atoms with E-state index >= 15 is 0 Å². The number of aromatic carboxylic acids is 1. The zero-order valence-corrected chi connectivity index (χ0v) is 11.8. The average Bonchev–Trinajstić information content (AvgIpc) is 2.88. The molecule has 0 fully saturated rings. The molecule has 0 amide bonds. The number of rotatable bonds is 2. The first-order valence-electron chi connectivity index (χ1n) is 6.53. The lowest BCUT2D eigenvalue weighted by Gasteiger charge is -2.07. The summed E-state index contributed by atoms with van der Waals surface area (Å²) in [5.74, 6) is -1.14. The molecule has 3 aromatic rings. The van der Waals surface area contributed by atoms with Gasteiger partial charge in [0.05, 0.1) is 16.8 Å². The summed E-state index contributed by atoms with van der Waals surface area (Å²) in [6.45, 7) is 1.49. The van der Waals surface area contributed by atoms with Crippen LogP contribution in [0.5, 0.6) is 0 Å². The molecule has 8 heteroatoms. The molecule has 1 N–H and O–H groups in total. The van der Waals surface area contributed by atoms with Gasteiger partial charge >= 0.3 is 12.1 Å². The number of alkyl halides is 3. The molecule has 0 aliphatic heterocycles. The van der Waals surface area contributed by atoms with Crippen LogP contribution in [0.15, 0.2) is 36.5 Å². The van der Waals surface area contributed by atoms with Gasteiger partial charge in [-0.25, -0.2) is 9.48 Å². The lowest BCUT2D eigenvalue weighted by atomic mass is 10.1. The zero-order chi connectivity index (χ0) is 16.8. The van der Waals surface area contributed by atoms with Gasteiger partial charge < -0.3 is 5.11 Å². The molecule has 0 bridgehead atoms. The highest BCUT2D eigenvalue weighted by Gasteiger charge is 2.34. The van der Waals surface area contributed by atoms with Crippen LogP contribution in [-0.4, -0.2) is 25.8 Å². The smallest absolute Gasteiger partial charge is 0.435 e. The van der Waals surface area contributed by atoms with Gasteiger partial charge in [-0.15, -0.1) is 0 Å². The van der Waals surface area contributed by atoms with Crippen molar-refractivity contribution in [1.82, 2.24) is 14.8 Å². The van der Waals surface area contributed by atoms with Crippen molar-refractivity contribution >= 4 is 16.9 Å². The predicted molar refractivity (Wildman–Crippen MR) is 75.6 cm³/mol. The Labute approximate surface area is 128 Å². The van der Waals surface area contributed by atoms with Gasteiger partial charge in [-0.05, 0) is 37.3 Å². The maximum Gasteiger partial charge on any atom is 0.435 e. The van der Waals surface area contributed by atoms with Crippen LogP contribution >= 0.6 is 0 Å². The molecule has 2 heterocycles. The van der Waals surface area contributed by atoms with Gasteiger partial charge in [0.1, 0.15) is 0 Å². The van der Waals surface area contributed by atoms with Crippen LogP contribution in [0.4, 0.5) is 13.2 Å². The number of aryl methyl sites for hydroxylation is 1. The molecule has 3 rings (SSSR count). The van der Waals surface area contributed by atoms with E-state index in [0.717, 1.165) is 10.7 Å². The van der Waals surface area contributed by atoms with E-state index in [0.29, 0.717) is 16.6 Å². The van der Waals surface area contributed by atoms with E-state index in [1.54, 1.807) is 12.1 Å². The average molecular weight is 321 g/mol. The third kappa shape index (κ3) is 2.63. The molecule has 0 spiro atoms. The lowest BCUT2D eigenvalue weighted by molar-refractivity contribution is -0.141. The van der Waals surface area contributed by atoms with Crippen LogP contribution in [0.1, 0.15) is 21.7 Å². The molecule has 23 heavy (non-hydrogen) atoms. The number of hydrogen-bond acceptors (Lipinski definition) is 3. The number of fused-ring (bicyclic) bond motifs is 1. The Kier molecular flexibility index (Phi) is 3.32. The van der Waals surface area contributed by atoms with Crippen molar-refractivity contribution in [3.05, 3.63) is 53.5 Å². The standard InChI is InChI=1S/C15H10F3N3O2/c1-8-6-13(15(16,17)18)20-21(8)9-2-3-12-11(7-9)10(14(22)23)4-5-19-12/h2-7H,1H3,(H,22,23). The second-order valence-corrected chi connectivity index (χ2v) is 4.95. The lowest BCUT2D eigenvalue weighted by Crippen LogP contribution is -2.07. The van der Waals surface area contributed by atoms with Gasteiger partial charge in [-0.3, -0.25) is 4.98 Å². The van der Waals surface area contributed by atoms with Crippen molar-refractivity contribution in [2.24, 2.45) is 0 Å². The van der Waals surface area contributed by atoms with Crippen LogP contribution in [0.2, 0.25) is 0 Å². The first kappa shape index (κ1) is 15.0. The molecule has 0 saturated heterocycles. The highest BCUT2D eigenvalue weighted by molar-refractivity contribution is 6.02. The molecule has 118 valence electrons. The minimum absolute atomic E-state index is 0.0257. The van der Waals surface area contributed by atoms with E-state index in [9.17, 15) is 23.1 Å². The quantitative estimate of drug-likeness (QED) is 0.785. The Morgan fingerprint density at radius 3 is 2.57 bits per heavy atom. The Bertz CT molecular complexity index is 916. The molecule has 0 saturated carbocycles. The molecule has 0 unspecified atom stereocenters. The molecule has 1 aromatic carbocycles. The Morgan fingerprint density at radius 1 is 1.22 bits per heavy atom.